The molecule has 0 spiro atoms. The van der Waals surface area contributed by atoms with Crippen molar-refractivity contribution < 1.29 is 4.74 Å². The minimum atomic E-state index is 0.526. The lowest BCUT2D eigenvalue weighted by Crippen LogP contribution is -2.31. The van der Waals surface area contributed by atoms with E-state index in [2.05, 4.69) is 18.8 Å². The molecule has 0 bridgehead atoms. The van der Waals surface area contributed by atoms with Gasteiger partial charge in [0.05, 0.1) is 6.10 Å². The fourth-order valence-electron chi connectivity index (χ4n) is 2.44. The van der Waals surface area contributed by atoms with Crippen LogP contribution in [-0.4, -0.2) is 25.3 Å². The van der Waals surface area contributed by atoms with Crippen LogP contribution >= 0.6 is 0 Å². The Hall–Kier alpha value is -0.340. The van der Waals surface area contributed by atoms with Crippen molar-refractivity contribution >= 4 is 0 Å². The van der Waals surface area contributed by atoms with Crippen LogP contribution in [0.5, 0.6) is 0 Å². The Bertz CT molecular complexity index is 187. The van der Waals surface area contributed by atoms with Gasteiger partial charge in [0.1, 0.15) is 0 Å². The summed E-state index contributed by atoms with van der Waals surface area (Å²) < 4.78 is 5.79. The molecule has 2 heteroatoms. The Balaban J connectivity index is 2.18. The number of hydrogen-bond acceptors (Lipinski definition) is 2. The molecule has 1 rings (SSSR count). The van der Waals surface area contributed by atoms with Crippen LogP contribution < -0.4 is 5.32 Å². The molecule has 2 atom stereocenters. The molecule has 1 aliphatic rings. The Labute approximate surface area is 107 Å². The van der Waals surface area contributed by atoms with Crippen LogP contribution in [0, 0.1) is 0 Å². The average Bonchev–Trinajstić information content (AvgIpc) is 2.39. The lowest BCUT2D eigenvalue weighted by atomic mass is 9.99. The molecule has 0 amide bonds. The van der Waals surface area contributed by atoms with Gasteiger partial charge in [0.15, 0.2) is 0 Å². The van der Waals surface area contributed by atoms with Gasteiger partial charge in [-0.3, -0.25) is 0 Å². The third-order valence-electron chi connectivity index (χ3n) is 3.51. The number of hydrogen-bond donors (Lipinski definition) is 1. The Kier molecular flexibility index (Phi) is 8.37. The minimum absolute atomic E-state index is 0.526. The minimum Gasteiger partial charge on any atom is -0.378 e. The van der Waals surface area contributed by atoms with E-state index < -0.39 is 0 Å². The first-order valence-corrected chi connectivity index (χ1v) is 7.32. The quantitative estimate of drug-likeness (QED) is 0.620. The molecule has 2 unspecified atom stereocenters. The fraction of sp³-hybridized carbons (Fsp3) is 0.867. The van der Waals surface area contributed by atoms with Gasteiger partial charge in [-0.25, -0.2) is 0 Å². The second kappa shape index (κ2) is 9.67. The molecule has 0 aromatic rings. The highest BCUT2D eigenvalue weighted by Gasteiger charge is 2.16. The maximum absolute atomic E-state index is 5.79. The normalized spacial score (nSPS) is 22.3. The molecule has 0 saturated carbocycles. The van der Waals surface area contributed by atoms with Gasteiger partial charge in [0.2, 0.25) is 0 Å². The smallest absolute Gasteiger partial charge is 0.0575 e. The molecule has 2 nitrogen and oxygen atoms in total. The second-order valence-electron chi connectivity index (χ2n) is 5.08. The van der Waals surface area contributed by atoms with Gasteiger partial charge in [0, 0.05) is 12.6 Å². The molecule has 0 radical (unpaired) electrons. The summed E-state index contributed by atoms with van der Waals surface area (Å²) in [6.07, 6.45) is 12.4. The van der Waals surface area contributed by atoms with E-state index in [1.807, 2.05) is 6.08 Å². The van der Waals surface area contributed by atoms with E-state index in [1.54, 1.807) is 0 Å². The van der Waals surface area contributed by atoms with E-state index in [0.29, 0.717) is 12.1 Å². The van der Waals surface area contributed by atoms with Gasteiger partial charge in [0.25, 0.3) is 0 Å². The van der Waals surface area contributed by atoms with E-state index in [1.165, 1.54) is 44.9 Å². The zero-order valence-corrected chi connectivity index (χ0v) is 11.4. The molecular formula is C15H29NO. The second-order valence-corrected chi connectivity index (χ2v) is 5.08. The Morgan fingerprint density at radius 3 is 2.94 bits per heavy atom. The highest BCUT2D eigenvalue weighted by atomic mass is 16.5. The van der Waals surface area contributed by atoms with Gasteiger partial charge in [-0.2, -0.15) is 0 Å². The maximum atomic E-state index is 5.79. The van der Waals surface area contributed by atoms with Crippen molar-refractivity contribution in [1.82, 2.24) is 5.32 Å². The summed E-state index contributed by atoms with van der Waals surface area (Å²) in [6, 6.07) is 0.651. The van der Waals surface area contributed by atoms with Crippen molar-refractivity contribution in [1.29, 1.82) is 0 Å². The van der Waals surface area contributed by atoms with Crippen LogP contribution in [0.3, 0.4) is 0 Å². The summed E-state index contributed by atoms with van der Waals surface area (Å²) in [7, 11) is 0. The molecule has 1 aliphatic heterocycles. The first-order chi connectivity index (χ1) is 8.36. The summed E-state index contributed by atoms with van der Waals surface area (Å²) in [4.78, 5) is 0. The molecule has 1 N–H and O–H groups in total. The topological polar surface area (TPSA) is 21.3 Å². The van der Waals surface area contributed by atoms with E-state index in [4.69, 9.17) is 4.74 Å². The number of allylic oxidation sites excluding steroid dienone is 1. The van der Waals surface area contributed by atoms with Crippen LogP contribution in [0.2, 0.25) is 0 Å². The molecule has 0 aliphatic carbocycles. The molecule has 100 valence electrons. The van der Waals surface area contributed by atoms with Gasteiger partial charge >= 0.3 is 0 Å². The Morgan fingerprint density at radius 2 is 2.29 bits per heavy atom. The highest BCUT2D eigenvalue weighted by molar-refractivity contribution is 4.76. The van der Waals surface area contributed by atoms with Crippen LogP contribution in [0.4, 0.5) is 0 Å². The van der Waals surface area contributed by atoms with Crippen molar-refractivity contribution in [3.05, 3.63) is 12.7 Å². The molecule has 1 fully saturated rings. The van der Waals surface area contributed by atoms with Crippen LogP contribution in [0.15, 0.2) is 12.7 Å². The first-order valence-electron chi connectivity index (χ1n) is 7.32. The van der Waals surface area contributed by atoms with Gasteiger partial charge in [-0.15, -0.1) is 6.58 Å². The molecule has 0 aromatic carbocycles. The van der Waals surface area contributed by atoms with Gasteiger partial charge in [-0.05, 0) is 57.9 Å². The molecule has 1 heterocycles. The fourth-order valence-corrected chi connectivity index (χ4v) is 2.44. The highest BCUT2D eigenvalue weighted by Crippen LogP contribution is 2.18. The molecule has 1 saturated heterocycles. The van der Waals surface area contributed by atoms with Crippen molar-refractivity contribution in [2.75, 3.05) is 13.2 Å². The third kappa shape index (κ3) is 6.85. The number of nitrogens with one attached hydrogen (secondary N) is 1. The summed E-state index contributed by atoms with van der Waals surface area (Å²) in [5.74, 6) is 0. The summed E-state index contributed by atoms with van der Waals surface area (Å²) in [6.45, 7) is 8.14. The summed E-state index contributed by atoms with van der Waals surface area (Å²) in [5.41, 5.74) is 0. The van der Waals surface area contributed by atoms with Crippen molar-refractivity contribution in [3.63, 3.8) is 0 Å². The summed E-state index contributed by atoms with van der Waals surface area (Å²) >= 11 is 0. The molecular weight excluding hydrogens is 210 g/mol. The average molecular weight is 239 g/mol. The summed E-state index contributed by atoms with van der Waals surface area (Å²) in [5, 5.41) is 3.64. The maximum Gasteiger partial charge on any atom is 0.0575 e. The van der Waals surface area contributed by atoms with E-state index >= 15 is 0 Å². The van der Waals surface area contributed by atoms with Crippen LogP contribution in [0.1, 0.15) is 58.3 Å². The molecule has 0 aromatic heterocycles. The van der Waals surface area contributed by atoms with Crippen molar-refractivity contribution in [3.8, 4) is 0 Å². The zero-order chi connectivity index (χ0) is 12.3. The lowest BCUT2D eigenvalue weighted by molar-refractivity contribution is 0.00846. The standard InChI is InChI=1S/C15H29NO/c1-3-5-8-14(16-12-4-2)10-11-15-9-6-7-13-17-15/h3,14-16H,1,4-13H2,2H3. The van der Waals surface area contributed by atoms with Gasteiger partial charge < -0.3 is 10.1 Å². The lowest BCUT2D eigenvalue weighted by Gasteiger charge is -2.25. The van der Waals surface area contributed by atoms with Crippen molar-refractivity contribution in [2.45, 2.75) is 70.4 Å². The van der Waals surface area contributed by atoms with Crippen LogP contribution in [-0.2, 0) is 4.74 Å². The molecule has 17 heavy (non-hydrogen) atoms. The zero-order valence-electron chi connectivity index (χ0n) is 11.4. The SMILES string of the molecule is C=CCCC(CCC1CCCCO1)NCCC. The van der Waals surface area contributed by atoms with E-state index in [0.717, 1.165) is 19.6 Å². The third-order valence-corrected chi connectivity index (χ3v) is 3.51. The number of ether oxygens (including phenoxy) is 1. The largest absolute Gasteiger partial charge is 0.378 e. The first kappa shape index (κ1) is 14.7. The van der Waals surface area contributed by atoms with Crippen LogP contribution in [0.25, 0.3) is 0 Å². The van der Waals surface area contributed by atoms with Crippen molar-refractivity contribution in [2.24, 2.45) is 0 Å². The number of rotatable bonds is 9. The van der Waals surface area contributed by atoms with Gasteiger partial charge in [-0.1, -0.05) is 13.0 Å². The predicted octanol–water partition coefficient (Wildman–Crippen LogP) is 3.67. The van der Waals surface area contributed by atoms with E-state index in [-0.39, 0.29) is 0 Å². The predicted molar refractivity (Wildman–Crippen MR) is 74.3 cm³/mol. The van der Waals surface area contributed by atoms with E-state index in [9.17, 15) is 0 Å². The monoisotopic (exact) mass is 239 g/mol. The Morgan fingerprint density at radius 1 is 1.41 bits per heavy atom.